The van der Waals surface area contributed by atoms with Crippen molar-refractivity contribution in [3.63, 3.8) is 0 Å². The van der Waals surface area contributed by atoms with Crippen LogP contribution in [0.2, 0.25) is 0 Å². The molecule has 8 nitrogen and oxygen atoms in total. The van der Waals surface area contributed by atoms with Crippen molar-refractivity contribution in [2.75, 3.05) is 11.9 Å². The first-order valence-electron chi connectivity index (χ1n) is 8.30. The fraction of sp³-hybridized carbons (Fsp3) is 0.294. The summed E-state index contributed by atoms with van der Waals surface area (Å²) in [6, 6.07) is 7.61. The summed E-state index contributed by atoms with van der Waals surface area (Å²) < 4.78 is 2.02. The van der Waals surface area contributed by atoms with E-state index in [2.05, 4.69) is 20.5 Å². The zero-order valence-corrected chi connectivity index (χ0v) is 13.7. The first-order valence-corrected chi connectivity index (χ1v) is 8.30. The minimum Gasteiger partial charge on any atom is -0.335 e. The molecule has 0 aliphatic carbocycles. The Morgan fingerprint density at radius 1 is 1.16 bits per heavy atom. The van der Waals surface area contributed by atoms with Crippen LogP contribution in [-0.2, 0) is 6.54 Å². The molecule has 1 atom stereocenters. The molecule has 3 aromatic rings. The third-order valence-electron chi connectivity index (χ3n) is 4.39. The van der Waals surface area contributed by atoms with Crippen LogP contribution in [0.25, 0.3) is 5.69 Å². The van der Waals surface area contributed by atoms with E-state index in [0.717, 1.165) is 37.3 Å². The highest BCUT2D eigenvalue weighted by Crippen LogP contribution is 2.21. The van der Waals surface area contributed by atoms with E-state index in [1.807, 2.05) is 39.9 Å². The molecule has 0 saturated carbocycles. The van der Waals surface area contributed by atoms with Gasteiger partial charge >= 0.3 is 6.03 Å². The molecule has 0 spiro atoms. The molecule has 2 amide bonds. The van der Waals surface area contributed by atoms with Crippen molar-refractivity contribution in [2.45, 2.75) is 25.4 Å². The van der Waals surface area contributed by atoms with Crippen LogP contribution in [-0.4, -0.2) is 48.1 Å². The zero-order chi connectivity index (χ0) is 17.1. The topological polar surface area (TPSA) is 80.9 Å². The van der Waals surface area contributed by atoms with Crippen LogP contribution in [0.5, 0.6) is 0 Å². The molecule has 4 rings (SSSR count). The first kappa shape index (κ1) is 15.4. The fourth-order valence-corrected chi connectivity index (χ4v) is 3.15. The Bertz CT molecular complexity index is 811. The minimum absolute atomic E-state index is 0.0624. The number of hydrogen-bond acceptors (Lipinski definition) is 4. The Balaban J connectivity index is 1.40. The lowest BCUT2D eigenvalue weighted by atomic mass is 10.2. The monoisotopic (exact) mass is 337 g/mol. The van der Waals surface area contributed by atoms with Crippen molar-refractivity contribution in [1.82, 2.24) is 29.4 Å². The quantitative estimate of drug-likeness (QED) is 0.791. The number of carbonyl (C=O) groups excluding carboxylic acids is 1. The molecule has 1 aliphatic rings. The summed E-state index contributed by atoms with van der Waals surface area (Å²) >= 11 is 0. The maximum Gasteiger partial charge on any atom is 0.322 e. The fourth-order valence-electron chi connectivity index (χ4n) is 3.15. The summed E-state index contributed by atoms with van der Waals surface area (Å²) in [7, 11) is 0. The Labute approximate surface area is 145 Å². The molecule has 25 heavy (non-hydrogen) atoms. The molecule has 1 N–H and O–H groups in total. The second-order valence-electron chi connectivity index (χ2n) is 6.04. The average Bonchev–Trinajstić information content (AvgIpc) is 3.39. The summed E-state index contributed by atoms with van der Waals surface area (Å²) in [6.45, 7) is 1.55. The van der Waals surface area contributed by atoms with Gasteiger partial charge in [-0.05, 0) is 37.1 Å². The highest BCUT2D eigenvalue weighted by atomic mass is 16.2. The van der Waals surface area contributed by atoms with Gasteiger partial charge in [-0.25, -0.2) is 9.78 Å². The number of aromatic nitrogens is 5. The van der Waals surface area contributed by atoms with Gasteiger partial charge < -0.3 is 14.8 Å². The molecule has 0 bridgehead atoms. The van der Waals surface area contributed by atoms with E-state index in [1.165, 1.54) is 4.80 Å². The minimum atomic E-state index is -0.0624. The lowest BCUT2D eigenvalue weighted by Crippen LogP contribution is -2.40. The van der Waals surface area contributed by atoms with Gasteiger partial charge in [0.2, 0.25) is 0 Å². The molecule has 2 aromatic heterocycles. The number of nitrogens with one attached hydrogen (secondary N) is 1. The molecular formula is C17H19N7O. The number of urea groups is 1. The first-order chi connectivity index (χ1) is 12.3. The molecule has 3 heterocycles. The third-order valence-corrected chi connectivity index (χ3v) is 4.39. The second kappa shape index (κ2) is 6.76. The number of likely N-dealkylation sites (tertiary alicyclic amines) is 1. The Hall–Kier alpha value is -3.16. The van der Waals surface area contributed by atoms with E-state index in [9.17, 15) is 4.79 Å². The summed E-state index contributed by atoms with van der Waals surface area (Å²) in [6.07, 6.45) is 10.8. The molecule has 128 valence electrons. The van der Waals surface area contributed by atoms with Crippen molar-refractivity contribution in [3.05, 3.63) is 55.4 Å². The predicted octanol–water partition coefficient (Wildman–Crippen LogP) is 2.16. The number of carbonyl (C=O) groups is 1. The number of benzene rings is 1. The lowest BCUT2D eigenvalue weighted by molar-refractivity contribution is 0.201. The van der Waals surface area contributed by atoms with Gasteiger partial charge in [-0.1, -0.05) is 0 Å². The van der Waals surface area contributed by atoms with Crippen molar-refractivity contribution in [3.8, 4) is 5.69 Å². The van der Waals surface area contributed by atoms with Crippen LogP contribution in [0.15, 0.2) is 55.4 Å². The van der Waals surface area contributed by atoms with Crippen LogP contribution < -0.4 is 5.32 Å². The Kier molecular flexibility index (Phi) is 4.16. The Morgan fingerprint density at radius 3 is 2.68 bits per heavy atom. The van der Waals surface area contributed by atoms with Crippen molar-refractivity contribution < 1.29 is 4.79 Å². The van der Waals surface area contributed by atoms with Crippen LogP contribution in [0.3, 0.4) is 0 Å². The normalized spacial score (nSPS) is 17.0. The van der Waals surface area contributed by atoms with Gasteiger partial charge in [0.15, 0.2) is 0 Å². The van der Waals surface area contributed by atoms with Gasteiger partial charge in [-0.2, -0.15) is 15.0 Å². The summed E-state index contributed by atoms with van der Waals surface area (Å²) in [5, 5.41) is 11.2. The number of amides is 2. The molecule has 1 saturated heterocycles. The predicted molar refractivity (Wildman–Crippen MR) is 92.3 cm³/mol. The number of hydrogen-bond donors (Lipinski definition) is 1. The average molecular weight is 337 g/mol. The molecule has 1 fully saturated rings. The number of rotatable bonds is 4. The van der Waals surface area contributed by atoms with Crippen LogP contribution in [0, 0.1) is 0 Å². The van der Waals surface area contributed by atoms with E-state index in [4.69, 9.17) is 0 Å². The van der Waals surface area contributed by atoms with Gasteiger partial charge in [-0.3, -0.25) is 0 Å². The summed E-state index contributed by atoms with van der Waals surface area (Å²) in [5.74, 6) is 0. The molecular weight excluding hydrogens is 318 g/mol. The highest BCUT2D eigenvalue weighted by molar-refractivity contribution is 5.89. The molecule has 1 aliphatic heterocycles. The van der Waals surface area contributed by atoms with E-state index < -0.39 is 0 Å². The van der Waals surface area contributed by atoms with Gasteiger partial charge in [0.05, 0.1) is 30.5 Å². The molecule has 8 heteroatoms. The number of nitrogens with zero attached hydrogens (tertiary/aromatic N) is 6. The zero-order valence-electron chi connectivity index (χ0n) is 13.7. The second-order valence-corrected chi connectivity index (χ2v) is 6.04. The van der Waals surface area contributed by atoms with Crippen molar-refractivity contribution >= 4 is 11.7 Å². The number of anilines is 1. The third kappa shape index (κ3) is 3.37. The Morgan fingerprint density at radius 2 is 1.96 bits per heavy atom. The van der Waals surface area contributed by atoms with Crippen LogP contribution in [0.1, 0.15) is 12.8 Å². The van der Waals surface area contributed by atoms with Gasteiger partial charge in [0.1, 0.15) is 0 Å². The summed E-state index contributed by atoms with van der Waals surface area (Å²) in [5.41, 5.74) is 1.61. The summed E-state index contributed by atoms with van der Waals surface area (Å²) in [4.78, 5) is 20.1. The van der Waals surface area contributed by atoms with Gasteiger partial charge in [0, 0.05) is 31.2 Å². The van der Waals surface area contributed by atoms with Gasteiger partial charge in [-0.15, -0.1) is 0 Å². The highest BCUT2D eigenvalue weighted by Gasteiger charge is 2.28. The smallest absolute Gasteiger partial charge is 0.322 e. The van der Waals surface area contributed by atoms with E-state index >= 15 is 0 Å². The maximum absolute atomic E-state index is 12.6. The van der Waals surface area contributed by atoms with Crippen molar-refractivity contribution in [1.29, 1.82) is 0 Å². The van der Waals surface area contributed by atoms with Crippen molar-refractivity contribution in [2.24, 2.45) is 0 Å². The van der Waals surface area contributed by atoms with Crippen LogP contribution >= 0.6 is 0 Å². The molecule has 0 unspecified atom stereocenters. The van der Waals surface area contributed by atoms with E-state index in [1.54, 1.807) is 24.9 Å². The van der Waals surface area contributed by atoms with Gasteiger partial charge in [0.25, 0.3) is 0 Å². The molecule has 1 aromatic carbocycles. The number of imidazole rings is 1. The maximum atomic E-state index is 12.6. The van der Waals surface area contributed by atoms with E-state index in [-0.39, 0.29) is 12.1 Å². The molecule has 0 radical (unpaired) electrons. The van der Waals surface area contributed by atoms with Crippen LogP contribution in [0.4, 0.5) is 10.5 Å². The lowest BCUT2D eigenvalue weighted by Gasteiger charge is -2.25. The SMILES string of the molecule is O=C(Nc1ccc(-n2nccn2)cc1)N1CCC[C@@H]1Cn1ccnc1. The largest absolute Gasteiger partial charge is 0.335 e. The van der Waals surface area contributed by atoms with E-state index in [0.29, 0.717) is 0 Å². The standard InChI is InChI=1S/C17H19N7O/c25-17(23-10-1-2-16(23)12-22-11-9-18-13-22)21-14-3-5-15(6-4-14)24-19-7-8-20-24/h3-9,11,13,16H,1-2,10,12H2,(H,21,25)/t16-/m1/s1.